The van der Waals surface area contributed by atoms with E-state index in [4.69, 9.17) is 21.5 Å². The number of hydrogen-bond donors (Lipinski definition) is 2. The molecule has 0 bridgehead atoms. The van der Waals surface area contributed by atoms with Crippen molar-refractivity contribution in [3.05, 3.63) is 59.1 Å². The third-order valence-corrected chi connectivity index (χ3v) is 4.39. The molecule has 124 valence electrons. The molecule has 0 aliphatic heterocycles. The van der Waals surface area contributed by atoms with E-state index in [1.54, 1.807) is 24.3 Å². The average Bonchev–Trinajstić information content (AvgIpc) is 2.47. The summed E-state index contributed by atoms with van der Waals surface area (Å²) in [5.41, 5.74) is 1.71. The first kappa shape index (κ1) is 19.0. The Morgan fingerprint density at radius 2 is 1.57 bits per heavy atom. The van der Waals surface area contributed by atoms with Gasteiger partial charge < -0.3 is 5.11 Å². The van der Waals surface area contributed by atoms with Gasteiger partial charge in [0.2, 0.25) is 0 Å². The molecule has 0 radical (unpaired) electrons. The number of carbonyl (C=O) groups is 1. The summed E-state index contributed by atoms with van der Waals surface area (Å²) in [7, 11) is -3.56. The second-order valence-electron chi connectivity index (χ2n) is 4.63. The van der Waals surface area contributed by atoms with Gasteiger partial charge in [-0.2, -0.15) is 0 Å². The van der Waals surface area contributed by atoms with E-state index in [1.165, 1.54) is 12.1 Å². The monoisotopic (exact) mass is 355 g/mol. The van der Waals surface area contributed by atoms with Gasteiger partial charge in [-0.3, -0.25) is 9.52 Å². The summed E-state index contributed by atoms with van der Waals surface area (Å²) < 4.78 is 26.8. The highest BCUT2D eigenvalue weighted by Crippen LogP contribution is 2.18. The normalized spacial score (nSPS) is 10.4. The van der Waals surface area contributed by atoms with Crippen LogP contribution in [0.4, 0.5) is 5.69 Å². The molecule has 0 saturated carbocycles. The zero-order valence-electron chi connectivity index (χ0n) is 12.8. The fourth-order valence-corrected chi connectivity index (χ4v) is 2.82. The Kier molecular flexibility index (Phi) is 7.06. The number of rotatable bonds is 4. The molecule has 0 amide bonds. The molecule has 0 aliphatic rings. The van der Waals surface area contributed by atoms with Crippen molar-refractivity contribution in [3.63, 3.8) is 0 Å². The SMILES string of the molecule is CC(=O)O.CCc1ccc(NS(=O)(=O)c2ccc(Cl)cc2)cc1. The fourth-order valence-electron chi connectivity index (χ4n) is 1.64. The van der Waals surface area contributed by atoms with Crippen LogP contribution in [0, 0.1) is 0 Å². The van der Waals surface area contributed by atoms with Crippen LogP contribution in [-0.2, 0) is 21.2 Å². The number of aliphatic carboxylic acids is 1. The summed E-state index contributed by atoms with van der Waals surface area (Å²) in [6.07, 6.45) is 0.921. The lowest BCUT2D eigenvalue weighted by atomic mass is 10.2. The van der Waals surface area contributed by atoms with E-state index < -0.39 is 16.0 Å². The summed E-state index contributed by atoms with van der Waals surface area (Å²) >= 11 is 5.74. The van der Waals surface area contributed by atoms with Gasteiger partial charge >= 0.3 is 0 Å². The van der Waals surface area contributed by atoms with Gasteiger partial charge in [0, 0.05) is 17.6 Å². The van der Waals surface area contributed by atoms with Gasteiger partial charge in [0.15, 0.2) is 0 Å². The molecule has 0 fully saturated rings. The number of hydrogen-bond acceptors (Lipinski definition) is 3. The molecule has 0 saturated heterocycles. The van der Waals surface area contributed by atoms with Gasteiger partial charge in [0.05, 0.1) is 4.90 Å². The first-order valence-corrected chi connectivity index (χ1v) is 8.67. The maximum Gasteiger partial charge on any atom is 0.300 e. The number of halogens is 1. The van der Waals surface area contributed by atoms with Crippen LogP contribution in [0.1, 0.15) is 19.4 Å². The van der Waals surface area contributed by atoms with Crippen LogP contribution in [0.5, 0.6) is 0 Å². The Bertz CT molecular complexity index is 737. The third kappa shape index (κ3) is 6.71. The highest BCUT2D eigenvalue weighted by molar-refractivity contribution is 7.92. The maximum absolute atomic E-state index is 12.1. The molecule has 0 unspecified atom stereocenters. The van der Waals surface area contributed by atoms with Crippen LogP contribution in [0.25, 0.3) is 0 Å². The third-order valence-electron chi connectivity index (χ3n) is 2.74. The minimum atomic E-state index is -3.56. The van der Waals surface area contributed by atoms with Crippen molar-refractivity contribution in [2.45, 2.75) is 25.2 Å². The number of nitrogens with one attached hydrogen (secondary N) is 1. The lowest BCUT2D eigenvalue weighted by molar-refractivity contribution is -0.134. The van der Waals surface area contributed by atoms with Gasteiger partial charge in [0.25, 0.3) is 16.0 Å². The molecule has 0 aliphatic carbocycles. The van der Waals surface area contributed by atoms with Crippen LogP contribution < -0.4 is 4.72 Å². The lowest BCUT2D eigenvalue weighted by Gasteiger charge is -2.08. The van der Waals surface area contributed by atoms with E-state index >= 15 is 0 Å². The van der Waals surface area contributed by atoms with E-state index in [2.05, 4.69) is 4.72 Å². The Balaban J connectivity index is 0.000000593. The maximum atomic E-state index is 12.1. The van der Waals surface area contributed by atoms with Crippen LogP contribution in [0.3, 0.4) is 0 Å². The predicted molar refractivity (Wildman–Crippen MR) is 91.4 cm³/mol. The Morgan fingerprint density at radius 1 is 1.09 bits per heavy atom. The number of benzene rings is 2. The van der Waals surface area contributed by atoms with Gasteiger partial charge in [-0.15, -0.1) is 0 Å². The summed E-state index contributed by atoms with van der Waals surface area (Å²) in [5, 5.41) is 7.92. The van der Waals surface area contributed by atoms with E-state index in [0.29, 0.717) is 10.7 Å². The molecule has 7 heteroatoms. The zero-order valence-corrected chi connectivity index (χ0v) is 14.4. The second kappa shape index (κ2) is 8.55. The molecule has 2 aromatic carbocycles. The van der Waals surface area contributed by atoms with Gasteiger partial charge in [-0.25, -0.2) is 8.42 Å². The molecular weight excluding hydrogens is 338 g/mol. The molecule has 5 nitrogen and oxygen atoms in total. The van der Waals surface area contributed by atoms with Crippen LogP contribution >= 0.6 is 11.6 Å². The Labute approximate surface area is 141 Å². The largest absolute Gasteiger partial charge is 0.481 e. The molecule has 2 N–H and O–H groups in total. The zero-order chi connectivity index (χ0) is 17.5. The smallest absolute Gasteiger partial charge is 0.300 e. The van der Waals surface area contributed by atoms with Crippen molar-refractivity contribution < 1.29 is 18.3 Å². The van der Waals surface area contributed by atoms with Crippen molar-refractivity contribution in [1.82, 2.24) is 0 Å². The Hall–Kier alpha value is -2.05. The second-order valence-corrected chi connectivity index (χ2v) is 6.75. The molecular formula is C16H18ClNO4S. The van der Waals surface area contributed by atoms with Crippen molar-refractivity contribution in [3.8, 4) is 0 Å². The number of anilines is 1. The summed E-state index contributed by atoms with van der Waals surface area (Å²) in [4.78, 5) is 9.19. The average molecular weight is 356 g/mol. The summed E-state index contributed by atoms with van der Waals surface area (Å²) in [6.45, 7) is 3.13. The van der Waals surface area contributed by atoms with Crippen molar-refractivity contribution in [2.75, 3.05) is 4.72 Å². The van der Waals surface area contributed by atoms with E-state index in [0.717, 1.165) is 18.9 Å². The highest BCUT2D eigenvalue weighted by atomic mass is 35.5. The topological polar surface area (TPSA) is 83.5 Å². The number of carboxylic acid groups (broad SMARTS) is 1. The van der Waals surface area contributed by atoms with Crippen molar-refractivity contribution >= 4 is 33.3 Å². The summed E-state index contributed by atoms with van der Waals surface area (Å²) in [6, 6.07) is 13.4. The molecule has 0 heterocycles. The van der Waals surface area contributed by atoms with Gasteiger partial charge in [-0.05, 0) is 48.4 Å². The minimum Gasteiger partial charge on any atom is -0.481 e. The predicted octanol–water partition coefficient (Wildman–Crippen LogP) is 3.79. The number of sulfonamides is 1. The highest BCUT2D eigenvalue weighted by Gasteiger charge is 2.13. The van der Waals surface area contributed by atoms with E-state index in [1.807, 2.05) is 19.1 Å². The van der Waals surface area contributed by atoms with E-state index in [-0.39, 0.29) is 4.90 Å². The van der Waals surface area contributed by atoms with E-state index in [9.17, 15) is 8.42 Å². The Morgan fingerprint density at radius 3 is 2.00 bits per heavy atom. The molecule has 2 rings (SSSR count). The van der Waals surface area contributed by atoms with Gasteiger partial charge in [0.1, 0.15) is 0 Å². The number of aryl methyl sites for hydroxylation is 1. The first-order valence-electron chi connectivity index (χ1n) is 6.81. The molecule has 23 heavy (non-hydrogen) atoms. The minimum absolute atomic E-state index is 0.191. The van der Waals surface area contributed by atoms with Crippen LogP contribution in [0.15, 0.2) is 53.4 Å². The molecule has 0 atom stereocenters. The molecule has 2 aromatic rings. The fraction of sp³-hybridized carbons (Fsp3) is 0.188. The van der Waals surface area contributed by atoms with Crippen LogP contribution in [0.2, 0.25) is 5.02 Å². The van der Waals surface area contributed by atoms with Crippen molar-refractivity contribution in [2.24, 2.45) is 0 Å². The number of carboxylic acids is 1. The molecule has 0 aromatic heterocycles. The summed E-state index contributed by atoms with van der Waals surface area (Å²) in [5.74, 6) is -0.833. The van der Waals surface area contributed by atoms with Gasteiger partial charge in [-0.1, -0.05) is 30.7 Å². The quantitative estimate of drug-likeness (QED) is 0.873. The van der Waals surface area contributed by atoms with Crippen molar-refractivity contribution in [1.29, 1.82) is 0 Å². The standard InChI is InChI=1S/C14H14ClNO2S.C2H4O2/c1-2-11-3-7-13(8-4-11)16-19(17,18)14-9-5-12(15)6-10-14;1-2(3)4/h3-10,16H,2H2,1H3;1H3,(H,3,4). The molecule has 0 spiro atoms. The van der Waals surface area contributed by atoms with Crippen LogP contribution in [-0.4, -0.2) is 19.5 Å². The first-order chi connectivity index (χ1) is 10.7. The lowest BCUT2D eigenvalue weighted by Crippen LogP contribution is -2.12.